The number of amides is 1. The zero-order valence-corrected chi connectivity index (χ0v) is 13.3. The van der Waals surface area contributed by atoms with Crippen molar-refractivity contribution >= 4 is 17.5 Å². The third-order valence-electron chi connectivity index (χ3n) is 3.91. The number of rotatable bonds is 6. The lowest BCUT2D eigenvalue weighted by Crippen LogP contribution is -2.49. The van der Waals surface area contributed by atoms with Crippen LogP contribution in [0.15, 0.2) is 24.3 Å². The summed E-state index contributed by atoms with van der Waals surface area (Å²) < 4.78 is 5.13. The minimum absolute atomic E-state index is 0.247. The maximum absolute atomic E-state index is 12.2. The fraction of sp³-hybridized carbons (Fsp3) is 0.562. The Bertz CT molecular complexity index is 442. The van der Waals surface area contributed by atoms with Gasteiger partial charge in [-0.15, -0.1) is 11.6 Å². The number of alkyl halides is 1. The topological polar surface area (TPSA) is 32.8 Å². The second kappa shape index (κ2) is 8.25. The molecule has 0 bridgehead atoms. The van der Waals surface area contributed by atoms with Crippen LogP contribution >= 0.6 is 11.6 Å². The molecule has 0 saturated carbocycles. The predicted molar refractivity (Wildman–Crippen MR) is 85.1 cm³/mol. The van der Waals surface area contributed by atoms with Gasteiger partial charge in [-0.05, 0) is 24.1 Å². The summed E-state index contributed by atoms with van der Waals surface area (Å²) in [6.07, 6.45) is 1.35. The van der Waals surface area contributed by atoms with E-state index in [4.69, 9.17) is 16.3 Å². The number of hydrogen-bond acceptors (Lipinski definition) is 3. The average Bonchev–Trinajstić information content (AvgIpc) is 2.54. The highest BCUT2D eigenvalue weighted by atomic mass is 35.5. The van der Waals surface area contributed by atoms with Gasteiger partial charge in [-0.1, -0.05) is 12.1 Å². The molecule has 0 spiro atoms. The molecule has 21 heavy (non-hydrogen) atoms. The first kappa shape index (κ1) is 16.1. The summed E-state index contributed by atoms with van der Waals surface area (Å²) in [5.74, 6) is 1.75. The van der Waals surface area contributed by atoms with Crippen molar-refractivity contribution in [1.82, 2.24) is 9.80 Å². The first-order valence-corrected chi connectivity index (χ1v) is 7.95. The van der Waals surface area contributed by atoms with E-state index >= 15 is 0 Å². The highest BCUT2D eigenvalue weighted by Crippen LogP contribution is 2.13. The fourth-order valence-electron chi connectivity index (χ4n) is 2.54. The van der Waals surface area contributed by atoms with Crippen LogP contribution in [0.4, 0.5) is 0 Å². The minimum Gasteiger partial charge on any atom is -0.497 e. The zero-order valence-electron chi connectivity index (χ0n) is 12.6. The number of benzene rings is 1. The van der Waals surface area contributed by atoms with Crippen LogP contribution < -0.4 is 4.74 Å². The van der Waals surface area contributed by atoms with Crippen LogP contribution in [0.5, 0.6) is 5.75 Å². The highest BCUT2D eigenvalue weighted by Gasteiger charge is 2.20. The third kappa shape index (κ3) is 4.90. The number of nitrogens with zero attached hydrogens (tertiary/aromatic N) is 2. The van der Waals surface area contributed by atoms with Crippen LogP contribution in [0, 0.1) is 0 Å². The second-order valence-electron chi connectivity index (χ2n) is 5.26. The summed E-state index contributed by atoms with van der Waals surface area (Å²) in [5, 5.41) is 0. The van der Waals surface area contributed by atoms with Gasteiger partial charge in [0, 0.05) is 45.0 Å². The molecule has 0 unspecified atom stereocenters. The Labute approximate surface area is 131 Å². The first-order valence-electron chi connectivity index (χ1n) is 7.42. The van der Waals surface area contributed by atoms with E-state index in [-0.39, 0.29) is 5.91 Å². The van der Waals surface area contributed by atoms with Crippen molar-refractivity contribution in [2.75, 3.05) is 45.7 Å². The first-order chi connectivity index (χ1) is 10.2. The Morgan fingerprint density at radius 2 is 1.86 bits per heavy atom. The zero-order chi connectivity index (χ0) is 15.1. The number of halogens is 1. The third-order valence-corrected chi connectivity index (χ3v) is 4.08. The Morgan fingerprint density at radius 3 is 2.43 bits per heavy atom. The van der Waals surface area contributed by atoms with Crippen LogP contribution in [0.25, 0.3) is 0 Å². The molecule has 0 N–H and O–H groups in total. The summed E-state index contributed by atoms with van der Waals surface area (Å²) in [7, 11) is 1.66. The van der Waals surface area contributed by atoms with Gasteiger partial charge < -0.3 is 9.64 Å². The van der Waals surface area contributed by atoms with Crippen molar-refractivity contribution in [2.24, 2.45) is 0 Å². The molecule has 0 aromatic heterocycles. The van der Waals surface area contributed by atoms with Crippen LogP contribution in [-0.2, 0) is 11.2 Å². The second-order valence-corrected chi connectivity index (χ2v) is 5.64. The Morgan fingerprint density at radius 1 is 1.19 bits per heavy atom. The molecule has 1 amide bonds. The van der Waals surface area contributed by atoms with Gasteiger partial charge in [0.2, 0.25) is 5.91 Å². The van der Waals surface area contributed by atoms with Crippen molar-refractivity contribution < 1.29 is 9.53 Å². The Balaban J connectivity index is 1.74. The van der Waals surface area contributed by atoms with E-state index in [0.29, 0.717) is 12.3 Å². The average molecular weight is 311 g/mol. The van der Waals surface area contributed by atoms with Gasteiger partial charge in [0.05, 0.1) is 7.11 Å². The fourth-order valence-corrected chi connectivity index (χ4v) is 2.78. The summed E-state index contributed by atoms with van der Waals surface area (Å²) >= 11 is 5.74. The molecule has 0 radical (unpaired) electrons. The maximum Gasteiger partial charge on any atom is 0.222 e. The number of hydrogen-bond donors (Lipinski definition) is 0. The number of carbonyl (C=O) groups excluding carboxylic acids is 1. The normalized spacial score (nSPS) is 16.0. The lowest BCUT2D eigenvalue weighted by atomic mass is 10.1. The number of aryl methyl sites for hydroxylation is 1. The van der Waals surface area contributed by atoms with Gasteiger partial charge >= 0.3 is 0 Å². The summed E-state index contributed by atoms with van der Waals surface area (Å²) in [5.41, 5.74) is 1.17. The smallest absolute Gasteiger partial charge is 0.222 e. The molecule has 5 heteroatoms. The molecule has 1 heterocycles. The van der Waals surface area contributed by atoms with Gasteiger partial charge in [0.25, 0.3) is 0 Å². The molecule has 1 aromatic rings. The van der Waals surface area contributed by atoms with Gasteiger partial charge in [0.1, 0.15) is 5.75 Å². The molecule has 1 fully saturated rings. The highest BCUT2D eigenvalue weighted by molar-refractivity contribution is 6.18. The van der Waals surface area contributed by atoms with Crippen molar-refractivity contribution in [2.45, 2.75) is 12.8 Å². The largest absolute Gasteiger partial charge is 0.497 e. The van der Waals surface area contributed by atoms with Gasteiger partial charge in [-0.25, -0.2) is 0 Å². The van der Waals surface area contributed by atoms with Crippen molar-refractivity contribution in [3.8, 4) is 5.75 Å². The van der Waals surface area contributed by atoms with Gasteiger partial charge in [-0.2, -0.15) is 0 Å². The standard InChI is InChI=1S/C16H23ClN2O2/c1-21-15-5-2-14(3-6-15)4-7-16(20)19-12-10-18(9-8-17)11-13-19/h2-3,5-6H,4,7-13H2,1H3. The van der Waals surface area contributed by atoms with Crippen molar-refractivity contribution in [1.29, 1.82) is 0 Å². The lowest BCUT2D eigenvalue weighted by molar-refractivity contribution is -0.132. The molecular formula is C16H23ClN2O2. The Kier molecular flexibility index (Phi) is 6.33. The Hall–Kier alpha value is -1.26. The van der Waals surface area contributed by atoms with E-state index in [9.17, 15) is 4.79 Å². The molecule has 0 atom stereocenters. The molecule has 4 nitrogen and oxygen atoms in total. The summed E-state index contributed by atoms with van der Waals surface area (Å²) in [6.45, 7) is 4.41. The molecule has 1 aliphatic rings. The van der Waals surface area contributed by atoms with E-state index in [1.54, 1.807) is 7.11 Å². The predicted octanol–water partition coefficient (Wildman–Crippen LogP) is 2.01. The molecule has 1 aliphatic heterocycles. The van der Waals surface area contributed by atoms with Gasteiger partial charge in [-0.3, -0.25) is 9.69 Å². The number of methoxy groups -OCH3 is 1. The molecule has 1 aromatic carbocycles. The van der Waals surface area contributed by atoms with Crippen LogP contribution in [0.2, 0.25) is 0 Å². The van der Waals surface area contributed by atoms with E-state index < -0.39 is 0 Å². The minimum atomic E-state index is 0.247. The molecule has 0 aliphatic carbocycles. The lowest BCUT2D eigenvalue weighted by Gasteiger charge is -2.34. The van der Waals surface area contributed by atoms with Crippen LogP contribution in [0.1, 0.15) is 12.0 Å². The van der Waals surface area contributed by atoms with Crippen molar-refractivity contribution in [3.63, 3.8) is 0 Å². The molecular weight excluding hydrogens is 288 g/mol. The van der Waals surface area contributed by atoms with Gasteiger partial charge in [0.15, 0.2) is 0 Å². The maximum atomic E-state index is 12.2. The number of ether oxygens (including phenoxy) is 1. The molecule has 2 rings (SSSR count). The SMILES string of the molecule is COc1ccc(CCC(=O)N2CCN(CCCl)CC2)cc1. The van der Waals surface area contributed by atoms with Crippen LogP contribution in [0.3, 0.4) is 0 Å². The summed E-state index contributed by atoms with van der Waals surface area (Å²) in [4.78, 5) is 16.5. The van der Waals surface area contributed by atoms with E-state index in [0.717, 1.165) is 44.9 Å². The van der Waals surface area contributed by atoms with E-state index in [1.165, 1.54) is 5.56 Å². The van der Waals surface area contributed by atoms with Crippen LogP contribution in [-0.4, -0.2) is 61.4 Å². The van der Waals surface area contributed by atoms with E-state index in [1.807, 2.05) is 29.2 Å². The van der Waals surface area contributed by atoms with E-state index in [2.05, 4.69) is 4.90 Å². The summed E-state index contributed by atoms with van der Waals surface area (Å²) in [6, 6.07) is 7.91. The van der Waals surface area contributed by atoms with Crippen molar-refractivity contribution in [3.05, 3.63) is 29.8 Å². The monoisotopic (exact) mass is 310 g/mol. The number of carbonyl (C=O) groups is 1. The quantitative estimate of drug-likeness (QED) is 0.754. The molecule has 1 saturated heterocycles. The number of piperazine rings is 1. The molecule has 116 valence electrons.